The molecule has 1 aromatic rings. The smallest absolute Gasteiger partial charge is 0.222 e. The second-order valence-electron chi connectivity index (χ2n) is 3.70. The molecule has 0 fully saturated rings. The van der Waals surface area contributed by atoms with E-state index in [0.717, 1.165) is 5.75 Å². The average molecular weight is 242 g/mol. The predicted molar refractivity (Wildman–Crippen MR) is 64.9 cm³/mol. The van der Waals surface area contributed by atoms with Crippen molar-refractivity contribution in [3.8, 4) is 5.75 Å². The zero-order valence-corrected chi connectivity index (χ0v) is 10.3. The van der Waals surface area contributed by atoms with Crippen molar-refractivity contribution in [2.45, 2.75) is 12.8 Å². The van der Waals surface area contributed by atoms with Crippen LogP contribution in [-0.4, -0.2) is 31.5 Å². The molecule has 0 unspecified atom stereocenters. The minimum atomic E-state index is 0.120. The first-order valence-corrected chi connectivity index (χ1v) is 5.56. The normalized spacial score (nSPS) is 9.94. The number of nitrogens with zero attached hydrogens (tertiary/aromatic N) is 1. The van der Waals surface area contributed by atoms with Crippen LogP contribution in [-0.2, 0) is 4.79 Å². The van der Waals surface area contributed by atoms with Gasteiger partial charge in [0.25, 0.3) is 0 Å². The fourth-order valence-electron chi connectivity index (χ4n) is 1.19. The summed E-state index contributed by atoms with van der Waals surface area (Å²) in [6, 6.07) is 7.24. The molecule has 1 amide bonds. The molecule has 0 aliphatic heterocycles. The molecule has 0 bridgehead atoms. The van der Waals surface area contributed by atoms with Gasteiger partial charge in [0.1, 0.15) is 5.75 Å². The van der Waals surface area contributed by atoms with Crippen molar-refractivity contribution in [2.24, 2.45) is 0 Å². The Bertz CT molecular complexity index is 353. The fourth-order valence-corrected chi connectivity index (χ4v) is 1.37. The molecule has 0 saturated carbocycles. The number of hydrogen-bond acceptors (Lipinski definition) is 2. The summed E-state index contributed by atoms with van der Waals surface area (Å²) in [6.07, 6.45) is 1.22. The molecule has 0 N–H and O–H groups in total. The van der Waals surface area contributed by atoms with Crippen LogP contribution in [0.4, 0.5) is 0 Å². The maximum absolute atomic E-state index is 11.3. The summed E-state index contributed by atoms with van der Waals surface area (Å²) in [7, 11) is 3.50. The number of halogens is 1. The molecule has 0 aliphatic carbocycles. The molecule has 0 aromatic heterocycles. The lowest BCUT2D eigenvalue weighted by molar-refractivity contribution is -0.128. The van der Waals surface area contributed by atoms with Crippen LogP contribution in [0.5, 0.6) is 5.75 Å². The molecule has 1 rings (SSSR count). The van der Waals surface area contributed by atoms with Gasteiger partial charge < -0.3 is 9.64 Å². The van der Waals surface area contributed by atoms with Crippen LogP contribution in [0.1, 0.15) is 12.8 Å². The topological polar surface area (TPSA) is 29.5 Å². The van der Waals surface area contributed by atoms with Gasteiger partial charge in [0.05, 0.1) is 6.61 Å². The van der Waals surface area contributed by atoms with Gasteiger partial charge in [-0.25, -0.2) is 0 Å². The molecule has 16 heavy (non-hydrogen) atoms. The molecule has 0 saturated heterocycles. The zero-order valence-electron chi connectivity index (χ0n) is 9.57. The standard InChI is InChI=1S/C12H16ClNO2/c1-14(2)12(15)7-4-8-16-11-6-3-5-10(13)9-11/h3,5-6,9H,4,7-8H2,1-2H3. The minimum absolute atomic E-state index is 0.120. The van der Waals surface area contributed by atoms with Gasteiger partial charge in [-0.05, 0) is 24.6 Å². The summed E-state index contributed by atoms with van der Waals surface area (Å²) in [4.78, 5) is 12.8. The minimum Gasteiger partial charge on any atom is -0.494 e. The maximum Gasteiger partial charge on any atom is 0.222 e. The second kappa shape index (κ2) is 6.38. The lowest BCUT2D eigenvalue weighted by Gasteiger charge is -2.10. The summed E-state index contributed by atoms with van der Waals surface area (Å²) in [5.74, 6) is 0.861. The molecule has 0 atom stereocenters. The second-order valence-corrected chi connectivity index (χ2v) is 4.13. The molecule has 0 aliphatic rings. The molecular formula is C12H16ClNO2. The first kappa shape index (κ1) is 12.8. The zero-order chi connectivity index (χ0) is 12.0. The first-order chi connectivity index (χ1) is 7.59. The van der Waals surface area contributed by atoms with E-state index in [-0.39, 0.29) is 5.91 Å². The number of ether oxygens (including phenoxy) is 1. The SMILES string of the molecule is CN(C)C(=O)CCCOc1cccc(Cl)c1. The number of carbonyl (C=O) groups is 1. The average Bonchev–Trinajstić information content (AvgIpc) is 2.24. The molecule has 0 heterocycles. The highest BCUT2D eigenvalue weighted by molar-refractivity contribution is 6.30. The van der Waals surface area contributed by atoms with Crippen LogP contribution in [0, 0.1) is 0 Å². The monoisotopic (exact) mass is 241 g/mol. The van der Waals surface area contributed by atoms with Gasteiger partial charge in [-0.3, -0.25) is 4.79 Å². The quantitative estimate of drug-likeness (QED) is 0.742. The van der Waals surface area contributed by atoms with E-state index in [0.29, 0.717) is 24.5 Å². The van der Waals surface area contributed by atoms with Gasteiger partial charge in [-0.15, -0.1) is 0 Å². The molecule has 3 nitrogen and oxygen atoms in total. The van der Waals surface area contributed by atoms with Crippen molar-refractivity contribution in [1.82, 2.24) is 4.90 Å². The molecule has 0 radical (unpaired) electrons. The van der Waals surface area contributed by atoms with Crippen molar-refractivity contribution in [3.05, 3.63) is 29.3 Å². The summed E-state index contributed by atoms with van der Waals surface area (Å²) in [5.41, 5.74) is 0. The van der Waals surface area contributed by atoms with Gasteiger partial charge >= 0.3 is 0 Å². The number of rotatable bonds is 5. The molecule has 88 valence electrons. The van der Waals surface area contributed by atoms with Crippen LogP contribution in [0.25, 0.3) is 0 Å². The van der Waals surface area contributed by atoms with Crippen LogP contribution < -0.4 is 4.74 Å². The highest BCUT2D eigenvalue weighted by atomic mass is 35.5. The highest BCUT2D eigenvalue weighted by Crippen LogP contribution is 2.17. The van der Waals surface area contributed by atoms with Gasteiger partial charge in [-0.1, -0.05) is 17.7 Å². The van der Waals surface area contributed by atoms with Crippen molar-refractivity contribution in [3.63, 3.8) is 0 Å². The first-order valence-electron chi connectivity index (χ1n) is 5.18. The van der Waals surface area contributed by atoms with E-state index in [9.17, 15) is 4.79 Å². The third kappa shape index (κ3) is 4.53. The molecule has 1 aromatic carbocycles. The van der Waals surface area contributed by atoms with E-state index >= 15 is 0 Å². The Balaban J connectivity index is 2.23. The Labute approximate surface area is 101 Å². The predicted octanol–water partition coefficient (Wildman–Crippen LogP) is 2.59. The van der Waals surface area contributed by atoms with Crippen LogP contribution in [0.2, 0.25) is 5.02 Å². The van der Waals surface area contributed by atoms with Crippen LogP contribution in [0.3, 0.4) is 0 Å². The largest absolute Gasteiger partial charge is 0.494 e. The summed E-state index contributed by atoms with van der Waals surface area (Å²) in [6.45, 7) is 0.528. The van der Waals surface area contributed by atoms with Gasteiger partial charge in [0.15, 0.2) is 0 Å². The molecule has 0 spiro atoms. The van der Waals surface area contributed by atoms with E-state index in [2.05, 4.69) is 0 Å². The van der Waals surface area contributed by atoms with E-state index in [1.54, 1.807) is 31.1 Å². The maximum atomic E-state index is 11.3. The molecule has 4 heteroatoms. The summed E-state index contributed by atoms with van der Waals surface area (Å²) in [5, 5.41) is 0.655. The van der Waals surface area contributed by atoms with E-state index in [1.807, 2.05) is 12.1 Å². The highest BCUT2D eigenvalue weighted by Gasteiger charge is 2.03. The van der Waals surface area contributed by atoms with Gasteiger partial charge in [-0.2, -0.15) is 0 Å². The molecular weight excluding hydrogens is 226 g/mol. The lowest BCUT2D eigenvalue weighted by atomic mass is 10.3. The Morgan fingerprint density at radius 1 is 1.44 bits per heavy atom. The van der Waals surface area contributed by atoms with E-state index in [1.165, 1.54) is 0 Å². The summed E-state index contributed by atoms with van der Waals surface area (Å²) < 4.78 is 5.46. The Morgan fingerprint density at radius 3 is 2.81 bits per heavy atom. The van der Waals surface area contributed by atoms with Crippen LogP contribution >= 0.6 is 11.6 Å². The third-order valence-electron chi connectivity index (χ3n) is 2.10. The van der Waals surface area contributed by atoms with E-state index < -0.39 is 0 Å². The van der Waals surface area contributed by atoms with Gasteiger partial charge in [0.2, 0.25) is 5.91 Å². The Morgan fingerprint density at radius 2 is 2.19 bits per heavy atom. The van der Waals surface area contributed by atoms with Gasteiger partial charge in [0, 0.05) is 25.5 Å². The van der Waals surface area contributed by atoms with E-state index in [4.69, 9.17) is 16.3 Å². The van der Waals surface area contributed by atoms with Crippen LogP contribution in [0.15, 0.2) is 24.3 Å². The fraction of sp³-hybridized carbons (Fsp3) is 0.417. The number of hydrogen-bond donors (Lipinski definition) is 0. The van der Waals surface area contributed by atoms with Crippen molar-refractivity contribution >= 4 is 17.5 Å². The lowest BCUT2D eigenvalue weighted by Crippen LogP contribution is -2.21. The third-order valence-corrected chi connectivity index (χ3v) is 2.33. The number of benzene rings is 1. The number of carbonyl (C=O) groups excluding carboxylic acids is 1. The number of amides is 1. The van der Waals surface area contributed by atoms with Crippen molar-refractivity contribution in [1.29, 1.82) is 0 Å². The Kier molecular flexibility index (Phi) is 5.12. The summed E-state index contributed by atoms with van der Waals surface area (Å²) >= 11 is 5.81. The van der Waals surface area contributed by atoms with Crippen molar-refractivity contribution < 1.29 is 9.53 Å². The van der Waals surface area contributed by atoms with Crippen molar-refractivity contribution in [2.75, 3.05) is 20.7 Å². The Hall–Kier alpha value is -1.22.